The second kappa shape index (κ2) is 10.0. The zero-order valence-corrected chi connectivity index (χ0v) is 19.0. The van der Waals surface area contributed by atoms with Crippen molar-refractivity contribution in [1.29, 1.82) is 0 Å². The summed E-state index contributed by atoms with van der Waals surface area (Å²) in [6.07, 6.45) is -0.140. The number of aliphatic carboxylic acids is 1. The van der Waals surface area contributed by atoms with E-state index in [4.69, 9.17) is 9.84 Å². The van der Waals surface area contributed by atoms with E-state index in [0.717, 1.165) is 29.2 Å². The van der Waals surface area contributed by atoms with E-state index in [1.165, 1.54) is 0 Å². The number of ether oxygens (including phenoxy) is 1. The van der Waals surface area contributed by atoms with Crippen LogP contribution in [0.4, 0.5) is 4.79 Å². The maximum atomic E-state index is 12.7. The first-order chi connectivity index (χ1) is 15.7. The van der Waals surface area contributed by atoms with Crippen LogP contribution in [-0.4, -0.2) is 53.0 Å². The van der Waals surface area contributed by atoms with Crippen molar-refractivity contribution in [3.63, 3.8) is 0 Å². The number of carbonyl (C=O) groups excluding carboxylic acids is 2. The summed E-state index contributed by atoms with van der Waals surface area (Å²) >= 11 is 0. The molecule has 0 aliphatic heterocycles. The van der Waals surface area contributed by atoms with Gasteiger partial charge >= 0.3 is 12.1 Å². The fourth-order valence-corrected chi connectivity index (χ4v) is 3.91. The van der Waals surface area contributed by atoms with E-state index in [0.29, 0.717) is 6.42 Å². The van der Waals surface area contributed by atoms with E-state index in [-0.39, 0.29) is 18.4 Å². The maximum Gasteiger partial charge on any atom is 0.407 e. The van der Waals surface area contributed by atoms with Crippen molar-refractivity contribution in [2.45, 2.75) is 44.8 Å². The van der Waals surface area contributed by atoms with Crippen molar-refractivity contribution in [2.24, 2.45) is 5.92 Å². The van der Waals surface area contributed by atoms with Crippen molar-refractivity contribution in [3.8, 4) is 11.1 Å². The van der Waals surface area contributed by atoms with Gasteiger partial charge in [0.25, 0.3) is 0 Å². The number of amides is 2. The van der Waals surface area contributed by atoms with E-state index < -0.39 is 36.2 Å². The number of carboxylic acid groups (broad SMARTS) is 1. The summed E-state index contributed by atoms with van der Waals surface area (Å²) in [4.78, 5) is 36.3. The Morgan fingerprint density at radius 2 is 1.61 bits per heavy atom. The van der Waals surface area contributed by atoms with Crippen LogP contribution in [0.3, 0.4) is 0 Å². The molecule has 8 nitrogen and oxygen atoms in total. The Morgan fingerprint density at radius 3 is 2.12 bits per heavy atom. The molecule has 2 aromatic rings. The average Bonchev–Trinajstić information content (AvgIpc) is 3.13. The highest BCUT2D eigenvalue weighted by atomic mass is 16.5. The maximum absolute atomic E-state index is 12.7. The first-order valence-corrected chi connectivity index (χ1v) is 11.0. The molecule has 1 aliphatic carbocycles. The van der Waals surface area contributed by atoms with Crippen LogP contribution in [0, 0.1) is 5.92 Å². The minimum atomic E-state index is -2.11. The minimum absolute atomic E-state index is 0.107. The number of rotatable bonds is 9. The second-order valence-electron chi connectivity index (χ2n) is 8.63. The summed E-state index contributed by atoms with van der Waals surface area (Å²) in [6, 6.07) is 15.0. The largest absolute Gasteiger partial charge is 0.479 e. The molecule has 2 amide bonds. The molecule has 0 fully saturated rings. The van der Waals surface area contributed by atoms with E-state index in [1.54, 1.807) is 6.92 Å². The number of carbonyl (C=O) groups is 3. The zero-order valence-electron chi connectivity index (χ0n) is 19.0. The first kappa shape index (κ1) is 24.3. The summed E-state index contributed by atoms with van der Waals surface area (Å²) in [5, 5.41) is 23.9. The fourth-order valence-electron chi connectivity index (χ4n) is 3.91. The van der Waals surface area contributed by atoms with Gasteiger partial charge in [-0.2, -0.15) is 0 Å². The lowest BCUT2D eigenvalue weighted by Gasteiger charge is -2.25. The third-order valence-corrected chi connectivity index (χ3v) is 6.18. The summed E-state index contributed by atoms with van der Waals surface area (Å²) < 4.78 is 5.53. The molecule has 1 aliphatic rings. The van der Waals surface area contributed by atoms with Gasteiger partial charge in [-0.3, -0.25) is 4.79 Å². The molecular formula is C25H30N2O6. The Bertz CT molecular complexity index is 990. The minimum Gasteiger partial charge on any atom is -0.479 e. The zero-order chi connectivity index (χ0) is 24.2. The topological polar surface area (TPSA) is 125 Å². The Morgan fingerprint density at radius 1 is 1.06 bits per heavy atom. The standard InChI is InChI=1S/C25H30N2O6/c1-4-15(2)21(22(28)26-14-25(3,32)23(29)30)27-24(31)33-13-20-18-11-7-5-9-16(18)17-10-6-8-12-19(17)20/h5-12,15,20-21,32H,4,13-14H2,1-3H3,(H,26,28)(H,27,31)(H,29,30)/t15?,21-,25?/m0/s1. The monoisotopic (exact) mass is 454 g/mol. The van der Waals surface area contributed by atoms with Crippen LogP contribution in [0.1, 0.15) is 44.2 Å². The van der Waals surface area contributed by atoms with Gasteiger partial charge in [0.1, 0.15) is 12.6 Å². The van der Waals surface area contributed by atoms with E-state index >= 15 is 0 Å². The van der Waals surface area contributed by atoms with Gasteiger partial charge in [-0.15, -0.1) is 0 Å². The number of hydrogen-bond donors (Lipinski definition) is 4. The number of carboxylic acids is 1. The van der Waals surface area contributed by atoms with Crippen LogP contribution in [0.15, 0.2) is 48.5 Å². The molecule has 2 aromatic carbocycles. The lowest BCUT2D eigenvalue weighted by atomic mass is 9.97. The van der Waals surface area contributed by atoms with E-state index in [1.807, 2.05) is 55.5 Å². The molecule has 2 unspecified atom stereocenters. The highest BCUT2D eigenvalue weighted by Gasteiger charge is 2.34. The van der Waals surface area contributed by atoms with Crippen LogP contribution in [0.5, 0.6) is 0 Å². The molecule has 0 heterocycles. The van der Waals surface area contributed by atoms with Crippen molar-refractivity contribution in [2.75, 3.05) is 13.2 Å². The normalized spacial score (nSPS) is 16.0. The molecule has 176 valence electrons. The molecular weight excluding hydrogens is 424 g/mol. The van der Waals surface area contributed by atoms with Gasteiger partial charge in [0, 0.05) is 5.92 Å². The molecule has 8 heteroatoms. The number of nitrogens with one attached hydrogen (secondary N) is 2. The number of alkyl carbamates (subject to hydrolysis) is 1. The van der Waals surface area contributed by atoms with Crippen LogP contribution in [-0.2, 0) is 14.3 Å². The summed E-state index contributed by atoms with van der Waals surface area (Å²) in [5.74, 6) is -2.38. The predicted molar refractivity (Wildman–Crippen MR) is 123 cm³/mol. The third kappa shape index (κ3) is 5.34. The molecule has 3 rings (SSSR count). The van der Waals surface area contributed by atoms with E-state index in [2.05, 4.69) is 10.6 Å². The molecule has 0 aromatic heterocycles. The molecule has 0 spiro atoms. The SMILES string of the molecule is CCC(C)[C@H](NC(=O)OCC1c2ccccc2-c2ccccc21)C(=O)NCC(C)(O)C(=O)O. The molecule has 0 radical (unpaired) electrons. The Kier molecular flexibility index (Phi) is 7.38. The number of fused-ring (bicyclic) bond motifs is 3. The van der Waals surface area contributed by atoms with Crippen molar-refractivity contribution < 1.29 is 29.3 Å². The van der Waals surface area contributed by atoms with Crippen LogP contribution in [0.2, 0.25) is 0 Å². The van der Waals surface area contributed by atoms with Gasteiger partial charge in [0.2, 0.25) is 5.91 Å². The van der Waals surface area contributed by atoms with Crippen LogP contribution in [0.25, 0.3) is 11.1 Å². The molecule has 3 atom stereocenters. The smallest absolute Gasteiger partial charge is 0.407 e. The number of aliphatic hydroxyl groups is 1. The van der Waals surface area contributed by atoms with Gasteiger partial charge < -0.3 is 25.6 Å². The quantitative estimate of drug-likeness (QED) is 0.462. The molecule has 4 N–H and O–H groups in total. The van der Waals surface area contributed by atoms with Crippen molar-refractivity contribution in [1.82, 2.24) is 10.6 Å². The van der Waals surface area contributed by atoms with Crippen LogP contribution < -0.4 is 10.6 Å². The van der Waals surface area contributed by atoms with Crippen LogP contribution >= 0.6 is 0 Å². The number of hydrogen-bond acceptors (Lipinski definition) is 5. The Labute approximate surface area is 193 Å². The van der Waals surface area contributed by atoms with Gasteiger partial charge in [-0.1, -0.05) is 68.8 Å². The Hall–Kier alpha value is -3.39. The molecule has 0 bridgehead atoms. The predicted octanol–water partition coefficient (Wildman–Crippen LogP) is 2.89. The van der Waals surface area contributed by atoms with Crippen molar-refractivity contribution >= 4 is 18.0 Å². The Balaban J connectivity index is 1.65. The fraction of sp³-hybridized carbons (Fsp3) is 0.400. The third-order valence-electron chi connectivity index (χ3n) is 6.18. The highest BCUT2D eigenvalue weighted by molar-refractivity contribution is 5.87. The first-order valence-electron chi connectivity index (χ1n) is 11.0. The average molecular weight is 455 g/mol. The summed E-state index contributed by atoms with van der Waals surface area (Å²) in [5.41, 5.74) is 2.28. The number of benzene rings is 2. The van der Waals surface area contributed by atoms with E-state index in [9.17, 15) is 19.5 Å². The van der Waals surface area contributed by atoms with Gasteiger partial charge in [-0.25, -0.2) is 9.59 Å². The summed E-state index contributed by atoms with van der Waals surface area (Å²) in [7, 11) is 0. The van der Waals surface area contributed by atoms with Crippen molar-refractivity contribution in [3.05, 3.63) is 59.7 Å². The molecule has 0 saturated carbocycles. The van der Waals surface area contributed by atoms with Gasteiger partial charge in [0.05, 0.1) is 6.54 Å². The molecule has 0 saturated heterocycles. The summed E-state index contributed by atoms with van der Waals surface area (Å²) in [6.45, 7) is 4.39. The van der Waals surface area contributed by atoms with Gasteiger partial charge in [0.15, 0.2) is 5.60 Å². The molecule has 33 heavy (non-hydrogen) atoms. The van der Waals surface area contributed by atoms with Gasteiger partial charge in [-0.05, 0) is 35.1 Å². The second-order valence-corrected chi connectivity index (χ2v) is 8.63. The lowest BCUT2D eigenvalue weighted by molar-refractivity contribution is -0.156. The highest BCUT2D eigenvalue weighted by Crippen LogP contribution is 2.44. The lowest BCUT2D eigenvalue weighted by Crippen LogP contribution is -2.54.